The van der Waals surface area contributed by atoms with E-state index in [0.717, 1.165) is 22.6 Å². The molecule has 9 heteroatoms. The lowest BCUT2D eigenvalue weighted by Gasteiger charge is -2.15. The monoisotopic (exact) mass is 520 g/mol. The number of alkyl halides is 4. The van der Waals surface area contributed by atoms with E-state index in [2.05, 4.69) is 11.7 Å². The summed E-state index contributed by atoms with van der Waals surface area (Å²) < 4.78 is 82.2. The fourth-order valence-electron chi connectivity index (χ4n) is 4.01. The minimum absolute atomic E-state index is 0.0332. The third-order valence-corrected chi connectivity index (χ3v) is 7.00. The number of allylic oxidation sites excluding steroid dienone is 3. The van der Waals surface area contributed by atoms with Gasteiger partial charge in [-0.3, -0.25) is 4.68 Å². The molecule has 2 aromatic carbocycles. The van der Waals surface area contributed by atoms with Gasteiger partial charge in [-0.15, -0.1) is 6.58 Å². The highest BCUT2D eigenvalue weighted by molar-refractivity contribution is 7.90. The molecule has 0 amide bonds. The van der Waals surface area contributed by atoms with Crippen molar-refractivity contribution < 1.29 is 26.0 Å². The molecule has 4 nitrogen and oxygen atoms in total. The van der Waals surface area contributed by atoms with Crippen LogP contribution in [0.15, 0.2) is 78.2 Å². The highest BCUT2D eigenvalue weighted by Crippen LogP contribution is 2.41. The van der Waals surface area contributed by atoms with Gasteiger partial charge < -0.3 is 0 Å². The van der Waals surface area contributed by atoms with E-state index in [9.17, 15) is 26.0 Å². The Morgan fingerprint density at radius 2 is 1.72 bits per heavy atom. The first-order valence-corrected chi connectivity index (χ1v) is 13.2. The van der Waals surface area contributed by atoms with Crippen molar-refractivity contribution in [3.05, 3.63) is 90.1 Å². The molecule has 0 saturated heterocycles. The average molecular weight is 521 g/mol. The molecule has 0 bridgehead atoms. The average Bonchev–Trinajstić information content (AvgIpc) is 3.22. The smallest absolute Gasteiger partial charge is 0.259 e. The quantitative estimate of drug-likeness (QED) is 0.231. The van der Waals surface area contributed by atoms with Crippen molar-refractivity contribution in [1.29, 1.82) is 0 Å². The van der Waals surface area contributed by atoms with E-state index < -0.39 is 33.8 Å². The lowest BCUT2D eigenvalue weighted by molar-refractivity contribution is -0.144. The summed E-state index contributed by atoms with van der Waals surface area (Å²) in [7, 11) is -3.49. The van der Waals surface area contributed by atoms with Gasteiger partial charge in [0.05, 0.1) is 4.90 Å². The van der Waals surface area contributed by atoms with E-state index in [4.69, 9.17) is 0 Å². The normalized spacial score (nSPS) is 14.5. The molecule has 36 heavy (non-hydrogen) atoms. The Bertz CT molecular complexity index is 1340. The molecule has 2 atom stereocenters. The summed E-state index contributed by atoms with van der Waals surface area (Å²) >= 11 is 0. The van der Waals surface area contributed by atoms with Crippen LogP contribution in [-0.4, -0.2) is 30.6 Å². The van der Waals surface area contributed by atoms with Crippen molar-refractivity contribution in [2.24, 2.45) is 5.92 Å². The van der Waals surface area contributed by atoms with Crippen molar-refractivity contribution in [2.75, 3.05) is 6.26 Å². The molecule has 0 aliphatic heterocycles. The van der Waals surface area contributed by atoms with Gasteiger partial charge in [0.25, 0.3) is 0 Å². The van der Waals surface area contributed by atoms with Crippen molar-refractivity contribution in [3.63, 3.8) is 0 Å². The number of sulfone groups is 1. The highest BCUT2D eigenvalue weighted by Gasteiger charge is 2.40. The molecular formula is C27H28F4N2O2S. The third kappa shape index (κ3) is 6.32. The summed E-state index contributed by atoms with van der Waals surface area (Å²) in [6, 6.07) is 14.6. The third-order valence-electron chi connectivity index (χ3n) is 5.87. The molecular weight excluding hydrogens is 492 g/mol. The number of hydrogen-bond donors (Lipinski definition) is 0. The van der Waals surface area contributed by atoms with Crippen LogP contribution in [0.4, 0.5) is 17.6 Å². The number of hydrogen-bond acceptors (Lipinski definition) is 3. The zero-order chi connectivity index (χ0) is 26.7. The minimum Gasteiger partial charge on any atom is -0.259 e. The van der Waals surface area contributed by atoms with Crippen LogP contribution in [0, 0.1) is 5.92 Å². The molecule has 0 aliphatic carbocycles. The Kier molecular flexibility index (Phi) is 8.23. The summed E-state index contributed by atoms with van der Waals surface area (Å²) in [5.41, 5.74) is 0.343. The van der Waals surface area contributed by atoms with Crippen LogP contribution in [0.25, 0.3) is 16.8 Å². The Hall–Kier alpha value is -3.20. The van der Waals surface area contributed by atoms with Gasteiger partial charge in [-0.05, 0) is 36.6 Å². The Balaban J connectivity index is 2.21. The Morgan fingerprint density at radius 1 is 1.11 bits per heavy atom. The summed E-state index contributed by atoms with van der Waals surface area (Å²) in [4.78, 5) is 0.0412. The molecule has 1 aromatic heterocycles. The molecule has 0 spiro atoms. The van der Waals surface area contributed by atoms with E-state index in [0.29, 0.717) is 12.0 Å². The largest absolute Gasteiger partial charge is 0.433 e. The molecule has 192 valence electrons. The second-order valence-corrected chi connectivity index (χ2v) is 10.7. The van der Waals surface area contributed by atoms with Gasteiger partial charge in [0.1, 0.15) is 11.9 Å². The van der Waals surface area contributed by atoms with Crippen molar-refractivity contribution in [2.45, 2.75) is 44.1 Å². The summed E-state index contributed by atoms with van der Waals surface area (Å²) in [5, 5.41) is 4.34. The summed E-state index contributed by atoms with van der Waals surface area (Å²) in [6.07, 6.45) is -2.26. The molecule has 0 aliphatic rings. The van der Waals surface area contributed by atoms with Gasteiger partial charge in [-0.25, -0.2) is 12.8 Å². The first-order chi connectivity index (χ1) is 16.8. The molecule has 0 saturated carbocycles. The van der Waals surface area contributed by atoms with E-state index in [1.54, 1.807) is 6.92 Å². The molecule has 0 fully saturated rings. The van der Waals surface area contributed by atoms with E-state index in [-0.39, 0.29) is 28.3 Å². The van der Waals surface area contributed by atoms with Crippen LogP contribution >= 0.6 is 0 Å². The van der Waals surface area contributed by atoms with Crippen LogP contribution in [0.3, 0.4) is 0 Å². The number of nitrogens with zero attached hydrogens (tertiary/aromatic N) is 2. The molecule has 3 rings (SSSR count). The Labute approximate surface area is 208 Å². The molecule has 0 N–H and O–H groups in total. The maximum Gasteiger partial charge on any atom is 0.433 e. The minimum atomic E-state index is -4.74. The van der Waals surface area contributed by atoms with Gasteiger partial charge in [0.2, 0.25) is 0 Å². The van der Waals surface area contributed by atoms with E-state index >= 15 is 0 Å². The topological polar surface area (TPSA) is 52.0 Å². The van der Waals surface area contributed by atoms with Gasteiger partial charge in [0, 0.05) is 29.8 Å². The summed E-state index contributed by atoms with van der Waals surface area (Å²) in [6.45, 7) is 6.44. The van der Waals surface area contributed by atoms with Gasteiger partial charge in [0.15, 0.2) is 15.5 Å². The Morgan fingerprint density at radius 3 is 2.25 bits per heavy atom. The standard InChI is InChI=1S/C27H28F4N2O2S/c1-5-23(28)18(2)17-19(3)24-25(21-11-13-22(14-12-21)36(4,34)35)32-33(26(24)27(29,30)31)16-15-20-9-7-6-8-10-20/h5-14,17-18,23H,1,15-16H2,2-4H3/b19-17+. The van der Waals surface area contributed by atoms with Crippen LogP contribution in [-0.2, 0) is 29.0 Å². The van der Waals surface area contributed by atoms with Crippen molar-refractivity contribution in [1.82, 2.24) is 9.78 Å². The first kappa shape index (κ1) is 27.4. The molecule has 1 heterocycles. The van der Waals surface area contributed by atoms with Crippen LogP contribution in [0.2, 0.25) is 0 Å². The lowest BCUT2D eigenvalue weighted by atomic mass is 9.95. The number of aryl methyl sites for hydroxylation is 2. The first-order valence-electron chi connectivity index (χ1n) is 11.3. The maximum absolute atomic E-state index is 14.4. The molecule has 0 radical (unpaired) electrons. The summed E-state index contributed by atoms with van der Waals surface area (Å²) in [5.74, 6) is -0.711. The van der Waals surface area contributed by atoms with Crippen LogP contribution in [0.5, 0.6) is 0 Å². The maximum atomic E-state index is 14.4. The number of aromatic nitrogens is 2. The van der Waals surface area contributed by atoms with Crippen LogP contribution in [0.1, 0.15) is 30.7 Å². The highest BCUT2D eigenvalue weighted by atomic mass is 32.2. The fraction of sp³-hybridized carbons (Fsp3) is 0.296. The number of rotatable bonds is 9. The number of benzene rings is 2. The number of halogens is 4. The SMILES string of the molecule is C=CC(F)C(C)/C=C(\C)c1c(-c2ccc(S(C)(=O)=O)cc2)nn(CCc2ccccc2)c1C(F)(F)F. The second-order valence-electron chi connectivity index (χ2n) is 8.71. The van der Waals surface area contributed by atoms with Gasteiger partial charge in [-0.2, -0.15) is 18.3 Å². The van der Waals surface area contributed by atoms with Crippen molar-refractivity contribution in [3.8, 4) is 11.3 Å². The van der Waals surface area contributed by atoms with E-state index in [1.807, 2.05) is 30.3 Å². The van der Waals surface area contributed by atoms with Gasteiger partial charge >= 0.3 is 6.18 Å². The van der Waals surface area contributed by atoms with Crippen molar-refractivity contribution >= 4 is 15.4 Å². The zero-order valence-electron chi connectivity index (χ0n) is 20.3. The fourth-order valence-corrected chi connectivity index (χ4v) is 4.64. The molecule has 3 aromatic rings. The zero-order valence-corrected chi connectivity index (χ0v) is 21.1. The van der Waals surface area contributed by atoms with Gasteiger partial charge in [-0.1, -0.05) is 61.5 Å². The predicted octanol–water partition coefficient (Wildman–Crippen LogP) is 6.78. The second kappa shape index (κ2) is 10.8. The lowest BCUT2D eigenvalue weighted by Crippen LogP contribution is -2.17. The van der Waals surface area contributed by atoms with Crippen LogP contribution < -0.4 is 0 Å². The predicted molar refractivity (Wildman–Crippen MR) is 134 cm³/mol. The van der Waals surface area contributed by atoms with E-state index in [1.165, 1.54) is 37.3 Å². The molecule has 2 unspecified atom stereocenters.